The fourth-order valence-corrected chi connectivity index (χ4v) is 1.97. The Labute approximate surface area is 116 Å². The zero-order valence-electron chi connectivity index (χ0n) is 11.5. The van der Waals surface area contributed by atoms with Crippen LogP contribution in [0.3, 0.4) is 0 Å². The zero-order chi connectivity index (χ0) is 14.7. The summed E-state index contributed by atoms with van der Waals surface area (Å²) in [6.45, 7) is 4.06. The van der Waals surface area contributed by atoms with Crippen molar-refractivity contribution >= 4 is 28.5 Å². The fraction of sp³-hybridized carbons (Fsp3) is 0.357. The van der Waals surface area contributed by atoms with Gasteiger partial charge in [-0.15, -0.1) is 0 Å². The van der Waals surface area contributed by atoms with Gasteiger partial charge in [0, 0.05) is 23.5 Å². The number of hydrogen-bond donors (Lipinski definition) is 2. The van der Waals surface area contributed by atoms with Crippen molar-refractivity contribution in [3.05, 3.63) is 24.4 Å². The molecule has 0 fully saturated rings. The summed E-state index contributed by atoms with van der Waals surface area (Å²) in [6.07, 6.45) is 1.58. The normalized spacial score (nSPS) is 10.9. The lowest BCUT2D eigenvalue weighted by atomic mass is 10.2. The first kappa shape index (κ1) is 14.0. The number of hydrogen-bond acceptors (Lipinski definition) is 3. The van der Waals surface area contributed by atoms with Gasteiger partial charge >= 0.3 is 5.97 Å². The lowest BCUT2D eigenvalue weighted by molar-refractivity contribution is -0.138. The Hall–Kier alpha value is -2.37. The molecular formula is C14H17N3O3. The summed E-state index contributed by atoms with van der Waals surface area (Å²) in [4.78, 5) is 22.0. The number of aliphatic carboxylic acids is 1. The van der Waals surface area contributed by atoms with Crippen molar-refractivity contribution in [2.75, 3.05) is 5.32 Å². The fourth-order valence-electron chi connectivity index (χ4n) is 1.97. The number of carbonyl (C=O) groups is 2. The third-order valence-corrected chi connectivity index (χ3v) is 2.94. The van der Waals surface area contributed by atoms with E-state index in [1.165, 1.54) is 0 Å². The highest BCUT2D eigenvalue weighted by Crippen LogP contribution is 2.21. The van der Waals surface area contributed by atoms with Gasteiger partial charge in [0.15, 0.2) is 0 Å². The summed E-state index contributed by atoms with van der Waals surface area (Å²) in [7, 11) is 0. The Bertz CT molecular complexity index is 646. The van der Waals surface area contributed by atoms with Crippen molar-refractivity contribution in [1.29, 1.82) is 0 Å². The molecule has 0 spiro atoms. The summed E-state index contributed by atoms with van der Waals surface area (Å²) in [5.74, 6) is -1.28. The van der Waals surface area contributed by atoms with E-state index in [0.29, 0.717) is 5.69 Å². The maximum absolute atomic E-state index is 11.6. The molecule has 0 unspecified atom stereocenters. The number of carboxylic acids is 1. The summed E-state index contributed by atoms with van der Waals surface area (Å²) in [5, 5.41) is 16.6. The van der Waals surface area contributed by atoms with Crippen molar-refractivity contribution in [2.45, 2.75) is 32.7 Å². The number of benzene rings is 1. The molecule has 0 aliphatic carbocycles. The lowest BCUT2D eigenvalue weighted by Gasteiger charge is -2.09. The predicted molar refractivity (Wildman–Crippen MR) is 75.6 cm³/mol. The average molecular weight is 275 g/mol. The van der Waals surface area contributed by atoms with Crippen LogP contribution in [0, 0.1) is 0 Å². The molecule has 2 N–H and O–H groups in total. The van der Waals surface area contributed by atoms with Gasteiger partial charge in [-0.2, -0.15) is 5.10 Å². The number of nitrogens with one attached hydrogen (secondary N) is 1. The lowest BCUT2D eigenvalue weighted by Crippen LogP contribution is -2.13. The smallest absolute Gasteiger partial charge is 0.303 e. The maximum Gasteiger partial charge on any atom is 0.303 e. The van der Waals surface area contributed by atoms with Crippen molar-refractivity contribution < 1.29 is 14.7 Å². The summed E-state index contributed by atoms with van der Waals surface area (Å²) >= 11 is 0. The van der Waals surface area contributed by atoms with Crippen LogP contribution in [-0.4, -0.2) is 26.8 Å². The number of amides is 1. The van der Waals surface area contributed by atoms with Crippen LogP contribution >= 0.6 is 0 Å². The van der Waals surface area contributed by atoms with Gasteiger partial charge in [0.1, 0.15) is 0 Å². The molecule has 2 rings (SSSR count). The van der Waals surface area contributed by atoms with E-state index in [1.54, 1.807) is 12.3 Å². The van der Waals surface area contributed by atoms with Gasteiger partial charge in [-0.1, -0.05) is 0 Å². The van der Waals surface area contributed by atoms with Crippen LogP contribution in [0.25, 0.3) is 10.9 Å². The van der Waals surface area contributed by atoms with E-state index in [9.17, 15) is 9.59 Å². The molecule has 0 atom stereocenters. The Morgan fingerprint density at radius 3 is 2.75 bits per heavy atom. The SMILES string of the molecule is CC(C)n1ncc2ccc(NC(=O)CCC(=O)O)cc21. The summed E-state index contributed by atoms with van der Waals surface area (Å²) in [6, 6.07) is 5.74. The van der Waals surface area contributed by atoms with Crippen LogP contribution in [-0.2, 0) is 9.59 Å². The molecule has 0 saturated carbocycles. The monoisotopic (exact) mass is 275 g/mol. The van der Waals surface area contributed by atoms with E-state index in [0.717, 1.165) is 10.9 Å². The first-order valence-corrected chi connectivity index (χ1v) is 6.46. The molecule has 0 bridgehead atoms. The molecular weight excluding hydrogens is 258 g/mol. The molecule has 0 aliphatic rings. The third-order valence-electron chi connectivity index (χ3n) is 2.94. The number of nitrogens with zero attached hydrogens (tertiary/aromatic N) is 2. The van der Waals surface area contributed by atoms with Crippen LogP contribution in [0.2, 0.25) is 0 Å². The van der Waals surface area contributed by atoms with E-state index in [2.05, 4.69) is 10.4 Å². The molecule has 6 nitrogen and oxygen atoms in total. The number of anilines is 1. The van der Waals surface area contributed by atoms with E-state index in [4.69, 9.17) is 5.11 Å². The van der Waals surface area contributed by atoms with Gasteiger partial charge in [-0.25, -0.2) is 0 Å². The molecule has 1 heterocycles. The minimum Gasteiger partial charge on any atom is -0.481 e. The number of rotatable bonds is 5. The predicted octanol–water partition coefficient (Wildman–Crippen LogP) is 2.42. The molecule has 1 amide bonds. The standard InChI is InChI=1S/C14H17N3O3/c1-9(2)17-12-7-11(4-3-10(12)8-15-17)16-13(18)5-6-14(19)20/h3-4,7-9H,5-6H2,1-2H3,(H,16,18)(H,19,20). The van der Waals surface area contributed by atoms with Crippen molar-refractivity contribution in [3.8, 4) is 0 Å². The molecule has 1 aromatic heterocycles. The van der Waals surface area contributed by atoms with E-state index >= 15 is 0 Å². The minimum atomic E-state index is -0.978. The van der Waals surface area contributed by atoms with Gasteiger partial charge in [-0.05, 0) is 32.0 Å². The highest BCUT2D eigenvalue weighted by molar-refractivity contribution is 5.94. The van der Waals surface area contributed by atoms with Crippen LogP contribution in [0.5, 0.6) is 0 Å². The van der Waals surface area contributed by atoms with Crippen LogP contribution in [0.1, 0.15) is 32.7 Å². The topological polar surface area (TPSA) is 84.2 Å². The van der Waals surface area contributed by atoms with Gasteiger partial charge in [0.2, 0.25) is 5.91 Å². The van der Waals surface area contributed by atoms with Gasteiger partial charge in [-0.3, -0.25) is 14.3 Å². The van der Waals surface area contributed by atoms with Crippen LogP contribution < -0.4 is 5.32 Å². The van der Waals surface area contributed by atoms with Crippen molar-refractivity contribution in [1.82, 2.24) is 9.78 Å². The molecule has 6 heteroatoms. The number of fused-ring (bicyclic) bond motifs is 1. The summed E-state index contributed by atoms with van der Waals surface area (Å²) in [5.41, 5.74) is 1.59. The maximum atomic E-state index is 11.6. The van der Waals surface area contributed by atoms with E-state index < -0.39 is 5.97 Å². The minimum absolute atomic E-state index is 0.0309. The van der Waals surface area contributed by atoms with Gasteiger partial charge in [0.25, 0.3) is 0 Å². The van der Waals surface area contributed by atoms with Crippen LogP contribution in [0.15, 0.2) is 24.4 Å². The Kier molecular flexibility index (Phi) is 4.02. The van der Waals surface area contributed by atoms with Crippen molar-refractivity contribution in [3.63, 3.8) is 0 Å². The molecule has 1 aromatic carbocycles. The first-order chi connectivity index (χ1) is 9.47. The average Bonchev–Trinajstić information content (AvgIpc) is 2.79. The second-order valence-corrected chi connectivity index (χ2v) is 4.90. The number of carboxylic acid groups (broad SMARTS) is 1. The van der Waals surface area contributed by atoms with Gasteiger partial charge in [0.05, 0.1) is 18.1 Å². The Balaban J connectivity index is 2.16. The molecule has 106 valence electrons. The van der Waals surface area contributed by atoms with Gasteiger partial charge < -0.3 is 10.4 Å². The number of aromatic nitrogens is 2. The molecule has 0 aliphatic heterocycles. The van der Waals surface area contributed by atoms with E-state index in [1.807, 2.05) is 30.7 Å². The summed E-state index contributed by atoms with van der Waals surface area (Å²) < 4.78 is 1.88. The molecule has 20 heavy (non-hydrogen) atoms. The second kappa shape index (κ2) is 5.73. The highest BCUT2D eigenvalue weighted by atomic mass is 16.4. The molecule has 0 saturated heterocycles. The third kappa shape index (κ3) is 3.14. The largest absolute Gasteiger partial charge is 0.481 e. The Morgan fingerprint density at radius 2 is 2.10 bits per heavy atom. The first-order valence-electron chi connectivity index (χ1n) is 6.46. The highest BCUT2D eigenvalue weighted by Gasteiger charge is 2.09. The Morgan fingerprint density at radius 1 is 1.35 bits per heavy atom. The molecule has 2 aromatic rings. The number of carbonyl (C=O) groups excluding carboxylic acids is 1. The molecule has 0 radical (unpaired) electrons. The zero-order valence-corrected chi connectivity index (χ0v) is 11.5. The second-order valence-electron chi connectivity index (χ2n) is 4.90. The quantitative estimate of drug-likeness (QED) is 0.877. The van der Waals surface area contributed by atoms with Crippen molar-refractivity contribution in [2.24, 2.45) is 0 Å². The van der Waals surface area contributed by atoms with E-state index in [-0.39, 0.29) is 24.8 Å². The van der Waals surface area contributed by atoms with Crippen LogP contribution in [0.4, 0.5) is 5.69 Å².